The number of rotatable bonds is 2. The molecule has 1 amide bonds. The van der Waals surface area contributed by atoms with Crippen LogP contribution in [-0.4, -0.2) is 15.5 Å². The first-order valence-electron chi connectivity index (χ1n) is 9.33. The molecular weight excluding hydrogens is 381 g/mol. The predicted molar refractivity (Wildman–Crippen MR) is 108 cm³/mol. The minimum absolute atomic E-state index is 0.0598. The molecule has 0 saturated heterocycles. The number of hydrogen-bond donors (Lipinski definition) is 1. The molecule has 0 aliphatic carbocycles. The molecule has 3 aromatic rings. The van der Waals surface area contributed by atoms with Gasteiger partial charge in [0.25, 0.3) is 11.5 Å². The molecule has 0 bridgehead atoms. The lowest BCUT2D eigenvalue weighted by atomic mass is 10.1. The molecule has 0 saturated carbocycles. The molecule has 0 atom stereocenters. The fourth-order valence-electron chi connectivity index (χ4n) is 3.52. The van der Waals surface area contributed by atoms with Gasteiger partial charge in [0.1, 0.15) is 11.6 Å². The largest absolute Gasteiger partial charge is 0.321 e. The maximum atomic E-state index is 13.2. The molecule has 7 heteroatoms. The minimum Gasteiger partial charge on any atom is -0.321 e. The van der Waals surface area contributed by atoms with Crippen molar-refractivity contribution in [1.29, 1.82) is 0 Å². The highest BCUT2D eigenvalue weighted by atomic mass is 35.5. The molecule has 28 heavy (non-hydrogen) atoms. The number of amides is 1. The molecule has 1 aromatic heterocycles. The van der Waals surface area contributed by atoms with Crippen LogP contribution in [0.5, 0.6) is 0 Å². The Morgan fingerprint density at radius 1 is 1.11 bits per heavy atom. The molecule has 1 aliphatic heterocycles. The Morgan fingerprint density at radius 3 is 2.75 bits per heavy atom. The molecule has 2 aromatic carbocycles. The normalized spacial score (nSPS) is 14.2. The molecule has 4 rings (SSSR count). The number of nitrogens with one attached hydrogen (secondary N) is 1. The summed E-state index contributed by atoms with van der Waals surface area (Å²) in [6.07, 6.45) is 4.98. The van der Waals surface area contributed by atoms with Gasteiger partial charge < -0.3 is 5.32 Å². The van der Waals surface area contributed by atoms with Crippen LogP contribution in [0.1, 0.15) is 41.9 Å². The van der Waals surface area contributed by atoms with Crippen molar-refractivity contribution in [3.05, 3.63) is 69.0 Å². The third kappa shape index (κ3) is 3.64. The summed E-state index contributed by atoms with van der Waals surface area (Å²) in [7, 11) is 0. The SMILES string of the molecule is O=C(Nc1ccc(F)cc1Cl)c1ccc2c(=O)n3c(nc2c1)CCCCCC3. The van der Waals surface area contributed by atoms with Gasteiger partial charge in [0, 0.05) is 18.5 Å². The van der Waals surface area contributed by atoms with Crippen molar-refractivity contribution in [3.8, 4) is 0 Å². The van der Waals surface area contributed by atoms with Gasteiger partial charge in [-0.25, -0.2) is 9.37 Å². The van der Waals surface area contributed by atoms with Gasteiger partial charge in [-0.2, -0.15) is 0 Å². The maximum Gasteiger partial charge on any atom is 0.261 e. The molecule has 2 heterocycles. The summed E-state index contributed by atoms with van der Waals surface area (Å²) in [6.45, 7) is 0.683. The van der Waals surface area contributed by atoms with Crippen molar-refractivity contribution in [2.75, 3.05) is 5.32 Å². The molecule has 1 aliphatic rings. The van der Waals surface area contributed by atoms with Crippen LogP contribution in [0.4, 0.5) is 10.1 Å². The first kappa shape index (κ1) is 18.6. The second kappa shape index (κ2) is 7.72. The van der Waals surface area contributed by atoms with E-state index < -0.39 is 11.7 Å². The van der Waals surface area contributed by atoms with Crippen LogP contribution in [0.3, 0.4) is 0 Å². The number of hydrogen-bond acceptors (Lipinski definition) is 3. The zero-order chi connectivity index (χ0) is 19.7. The molecule has 0 unspecified atom stereocenters. The first-order valence-corrected chi connectivity index (χ1v) is 9.70. The second-order valence-corrected chi connectivity index (χ2v) is 7.37. The number of aromatic nitrogens is 2. The number of fused-ring (bicyclic) bond motifs is 2. The van der Waals surface area contributed by atoms with E-state index in [-0.39, 0.29) is 10.6 Å². The van der Waals surface area contributed by atoms with E-state index in [1.165, 1.54) is 12.1 Å². The van der Waals surface area contributed by atoms with Gasteiger partial charge in [-0.05, 0) is 49.2 Å². The smallest absolute Gasteiger partial charge is 0.261 e. The number of anilines is 1. The first-order chi connectivity index (χ1) is 13.5. The van der Waals surface area contributed by atoms with Crippen LogP contribution in [0.2, 0.25) is 5.02 Å². The van der Waals surface area contributed by atoms with E-state index in [0.717, 1.165) is 44.0 Å². The lowest BCUT2D eigenvalue weighted by Crippen LogP contribution is -2.26. The van der Waals surface area contributed by atoms with E-state index in [1.54, 1.807) is 22.8 Å². The standard InChI is InChI=1S/C21H19ClFN3O2/c22-16-12-14(23)7-9-17(16)25-20(27)13-6-8-15-18(11-13)24-19-5-3-1-2-4-10-26(19)21(15)28/h6-9,11-12H,1-5,10H2,(H,25,27). The average molecular weight is 400 g/mol. The molecular formula is C21H19ClFN3O2. The highest BCUT2D eigenvalue weighted by Crippen LogP contribution is 2.23. The summed E-state index contributed by atoms with van der Waals surface area (Å²) < 4.78 is 14.9. The van der Waals surface area contributed by atoms with E-state index in [2.05, 4.69) is 10.3 Å². The second-order valence-electron chi connectivity index (χ2n) is 6.96. The summed E-state index contributed by atoms with van der Waals surface area (Å²) in [5, 5.41) is 3.28. The third-order valence-electron chi connectivity index (χ3n) is 5.01. The van der Waals surface area contributed by atoms with E-state index in [0.29, 0.717) is 28.7 Å². The Bertz CT molecular complexity index is 1130. The van der Waals surface area contributed by atoms with Gasteiger partial charge in [-0.15, -0.1) is 0 Å². The van der Waals surface area contributed by atoms with Gasteiger partial charge in [0.15, 0.2) is 0 Å². The zero-order valence-electron chi connectivity index (χ0n) is 15.2. The van der Waals surface area contributed by atoms with Crippen LogP contribution in [0.25, 0.3) is 10.9 Å². The quantitative estimate of drug-likeness (QED) is 0.687. The lowest BCUT2D eigenvalue weighted by Gasteiger charge is -2.16. The van der Waals surface area contributed by atoms with Crippen molar-refractivity contribution in [1.82, 2.24) is 9.55 Å². The molecule has 144 valence electrons. The third-order valence-corrected chi connectivity index (χ3v) is 5.32. The highest BCUT2D eigenvalue weighted by Gasteiger charge is 2.15. The topological polar surface area (TPSA) is 64.0 Å². The Hall–Kier alpha value is -2.73. The number of benzene rings is 2. The molecule has 0 spiro atoms. The predicted octanol–water partition coefficient (Wildman–Crippen LogP) is 4.56. The van der Waals surface area contributed by atoms with Crippen molar-refractivity contribution < 1.29 is 9.18 Å². The summed E-state index contributed by atoms with van der Waals surface area (Å²) in [5.41, 5.74) is 1.13. The molecule has 0 radical (unpaired) electrons. The van der Waals surface area contributed by atoms with Crippen molar-refractivity contribution >= 4 is 34.1 Å². The van der Waals surface area contributed by atoms with Crippen molar-refractivity contribution in [3.63, 3.8) is 0 Å². The number of carbonyl (C=O) groups is 1. The van der Waals surface area contributed by atoms with Crippen LogP contribution >= 0.6 is 11.6 Å². The summed E-state index contributed by atoms with van der Waals surface area (Å²) >= 11 is 5.97. The van der Waals surface area contributed by atoms with Gasteiger partial charge in [-0.1, -0.05) is 24.4 Å². The summed E-state index contributed by atoms with van der Waals surface area (Å²) in [5.74, 6) is -0.102. The van der Waals surface area contributed by atoms with Gasteiger partial charge in [0.05, 0.1) is 21.6 Å². The van der Waals surface area contributed by atoms with E-state index in [4.69, 9.17) is 11.6 Å². The molecule has 5 nitrogen and oxygen atoms in total. The van der Waals surface area contributed by atoms with Crippen LogP contribution in [0.15, 0.2) is 41.2 Å². The van der Waals surface area contributed by atoms with Crippen LogP contribution in [0, 0.1) is 5.82 Å². The van der Waals surface area contributed by atoms with E-state index in [9.17, 15) is 14.0 Å². The van der Waals surface area contributed by atoms with E-state index >= 15 is 0 Å². The fourth-order valence-corrected chi connectivity index (χ4v) is 3.74. The van der Waals surface area contributed by atoms with Gasteiger partial charge >= 0.3 is 0 Å². The average Bonchev–Trinajstić information content (AvgIpc) is 2.65. The Morgan fingerprint density at radius 2 is 1.93 bits per heavy atom. The zero-order valence-corrected chi connectivity index (χ0v) is 15.9. The Kier molecular flexibility index (Phi) is 5.13. The summed E-state index contributed by atoms with van der Waals surface area (Å²) in [6, 6.07) is 8.61. The number of aryl methyl sites for hydroxylation is 1. The fraction of sp³-hybridized carbons (Fsp3) is 0.286. The van der Waals surface area contributed by atoms with Gasteiger partial charge in [0.2, 0.25) is 0 Å². The monoisotopic (exact) mass is 399 g/mol. The maximum absolute atomic E-state index is 13.2. The van der Waals surface area contributed by atoms with E-state index in [1.807, 2.05) is 0 Å². The Labute approximate surface area is 166 Å². The Balaban J connectivity index is 1.69. The number of carbonyl (C=O) groups excluding carboxylic acids is 1. The van der Waals surface area contributed by atoms with Gasteiger partial charge in [-0.3, -0.25) is 14.2 Å². The van der Waals surface area contributed by atoms with Crippen LogP contribution < -0.4 is 10.9 Å². The minimum atomic E-state index is -0.477. The lowest BCUT2D eigenvalue weighted by molar-refractivity contribution is 0.102. The number of halogens is 2. The molecule has 1 N–H and O–H groups in total. The van der Waals surface area contributed by atoms with Crippen LogP contribution in [-0.2, 0) is 13.0 Å². The number of nitrogens with zero attached hydrogens (tertiary/aromatic N) is 2. The van der Waals surface area contributed by atoms with Crippen molar-refractivity contribution in [2.45, 2.75) is 38.6 Å². The van der Waals surface area contributed by atoms with Crippen molar-refractivity contribution in [2.24, 2.45) is 0 Å². The highest BCUT2D eigenvalue weighted by molar-refractivity contribution is 6.33. The summed E-state index contributed by atoms with van der Waals surface area (Å²) in [4.78, 5) is 30.1. The molecule has 0 fully saturated rings.